The first-order valence-corrected chi connectivity index (χ1v) is 6.76. The number of rotatable bonds is 2. The summed E-state index contributed by atoms with van der Waals surface area (Å²) in [5, 5.41) is 0.770. The molecule has 0 amide bonds. The molecular formula is C14H21ClN2. The van der Waals surface area contributed by atoms with E-state index < -0.39 is 0 Å². The van der Waals surface area contributed by atoms with Gasteiger partial charge in [0.15, 0.2) is 0 Å². The number of benzene rings is 1. The Hall–Kier alpha value is -0.730. The number of nitrogens with two attached hydrogens (primary N) is 1. The highest BCUT2D eigenvalue weighted by Gasteiger charge is 2.25. The van der Waals surface area contributed by atoms with Gasteiger partial charge in [0.1, 0.15) is 0 Å². The summed E-state index contributed by atoms with van der Waals surface area (Å²) in [6.07, 6.45) is 2.58. The molecule has 1 saturated heterocycles. The highest BCUT2D eigenvalue weighted by atomic mass is 35.5. The van der Waals surface area contributed by atoms with Crippen LogP contribution in [0, 0.1) is 5.92 Å². The second-order valence-corrected chi connectivity index (χ2v) is 5.47. The van der Waals surface area contributed by atoms with Crippen molar-refractivity contribution in [3.05, 3.63) is 28.8 Å². The first-order chi connectivity index (χ1) is 8.13. The van der Waals surface area contributed by atoms with Crippen LogP contribution in [0.3, 0.4) is 0 Å². The van der Waals surface area contributed by atoms with Crippen molar-refractivity contribution in [2.24, 2.45) is 11.7 Å². The third kappa shape index (κ3) is 2.58. The quantitative estimate of drug-likeness (QED) is 0.874. The minimum atomic E-state index is 0.549. The lowest BCUT2D eigenvalue weighted by Gasteiger charge is -2.40. The van der Waals surface area contributed by atoms with Gasteiger partial charge < -0.3 is 10.6 Å². The van der Waals surface area contributed by atoms with Crippen LogP contribution in [0.2, 0.25) is 5.02 Å². The Balaban J connectivity index is 2.32. The molecule has 2 atom stereocenters. The van der Waals surface area contributed by atoms with Crippen LogP contribution in [-0.4, -0.2) is 12.6 Å². The number of anilines is 1. The molecule has 0 spiro atoms. The Bertz CT molecular complexity index is 392. The molecule has 0 aromatic heterocycles. The summed E-state index contributed by atoms with van der Waals surface area (Å²) in [7, 11) is 0. The van der Waals surface area contributed by atoms with Crippen LogP contribution in [0.1, 0.15) is 32.3 Å². The van der Waals surface area contributed by atoms with Crippen molar-refractivity contribution in [3.8, 4) is 0 Å². The maximum absolute atomic E-state index is 6.03. The topological polar surface area (TPSA) is 29.3 Å². The Morgan fingerprint density at radius 1 is 1.41 bits per heavy atom. The fraction of sp³-hybridized carbons (Fsp3) is 0.571. The van der Waals surface area contributed by atoms with Crippen LogP contribution in [0.5, 0.6) is 0 Å². The minimum Gasteiger partial charge on any atom is -0.368 e. The third-order valence-electron chi connectivity index (χ3n) is 3.94. The molecule has 3 heteroatoms. The molecule has 0 saturated carbocycles. The zero-order valence-corrected chi connectivity index (χ0v) is 11.4. The van der Waals surface area contributed by atoms with Gasteiger partial charge in [0.2, 0.25) is 0 Å². The molecule has 1 heterocycles. The van der Waals surface area contributed by atoms with Crippen LogP contribution < -0.4 is 10.6 Å². The summed E-state index contributed by atoms with van der Waals surface area (Å²) in [5.74, 6) is 0.741. The lowest BCUT2D eigenvalue weighted by Crippen LogP contribution is -2.43. The van der Waals surface area contributed by atoms with Gasteiger partial charge in [-0.1, -0.05) is 18.5 Å². The van der Waals surface area contributed by atoms with Crippen molar-refractivity contribution in [2.45, 2.75) is 39.3 Å². The van der Waals surface area contributed by atoms with E-state index in [1.165, 1.54) is 18.5 Å². The Labute approximate surface area is 109 Å². The smallest absolute Gasteiger partial charge is 0.0415 e. The second-order valence-electron chi connectivity index (χ2n) is 5.03. The van der Waals surface area contributed by atoms with Gasteiger partial charge in [-0.2, -0.15) is 0 Å². The number of halogens is 1. The average Bonchev–Trinajstić information content (AvgIpc) is 2.33. The molecule has 17 heavy (non-hydrogen) atoms. The molecule has 2 nitrogen and oxygen atoms in total. The molecule has 1 aliphatic heterocycles. The molecule has 1 aromatic rings. The van der Waals surface area contributed by atoms with Crippen LogP contribution in [0.25, 0.3) is 0 Å². The third-order valence-corrected chi connectivity index (χ3v) is 4.18. The summed E-state index contributed by atoms with van der Waals surface area (Å²) in [6.45, 7) is 6.31. The molecule has 2 unspecified atom stereocenters. The van der Waals surface area contributed by atoms with Gasteiger partial charge in [-0.05, 0) is 49.4 Å². The summed E-state index contributed by atoms with van der Waals surface area (Å²) in [4.78, 5) is 2.48. The summed E-state index contributed by atoms with van der Waals surface area (Å²) >= 11 is 6.03. The van der Waals surface area contributed by atoms with Crippen molar-refractivity contribution in [1.29, 1.82) is 0 Å². The predicted octanol–water partition coefficient (Wildman–Crippen LogP) is 3.42. The zero-order chi connectivity index (χ0) is 12.4. The monoisotopic (exact) mass is 252 g/mol. The Kier molecular flexibility index (Phi) is 3.95. The normalized spacial score (nSPS) is 25.1. The lowest BCUT2D eigenvalue weighted by atomic mass is 9.91. The molecule has 1 fully saturated rings. The summed E-state index contributed by atoms with van der Waals surface area (Å²) in [6, 6.07) is 6.64. The molecule has 0 radical (unpaired) electrons. The molecular weight excluding hydrogens is 232 g/mol. The van der Waals surface area contributed by atoms with E-state index in [4.69, 9.17) is 17.3 Å². The van der Waals surface area contributed by atoms with E-state index in [0.717, 1.165) is 23.0 Å². The van der Waals surface area contributed by atoms with Gasteiger partial charge in [0, 0.05) is 29.8 Å². The lowest BCUT2D eigenvalue weighted by molar-refractivity contribution is 0.363. The molecule has 2 rings (SSSR count). The number of hydrogen-bond donors (Lipinski definition) is 1. The first-order valence-electron chi connectivity index (χ1n) is 6.38. The number of hydrogen-bond acceptors (Lipinski definition) is 2. The molecule has 2 N–H and O–H groups in total. The van der Waals surface area contributed by atoms with Crippen molar-refractivity contribution >= 4 is 17.3 Å². The molecule has 1 aromatic carbocycles. The minimum absolute atomic E-state index is 0.549. The van der Waals surface area contributed by atoms with E-state index >= 15 is 0 Å². The van der Waals surface area contributed by atoms with Gasteiger partial charge in [-0.25, -0.2) is 0 Å². The first kappa shape index (κ1) is 12.7. The number of piperidine rings is 1. The second kappa shape index (κ2) is 5.28. The maximum atomic E-state index is 6.03. The zero-order valence-electron chi connectivity index (χ0n) is 10.6. The molecule has 0 bridgehead atoms. The Morgan fingerprint density at radius 3 is 2.88 bits per heavy atom. The average molecular weight is 253 g/mol. The van der Waals surface area contributed by atoms with E-state index in [-0.39, 0.29) is 0 Å². The largest absolute Gasteiger partial charge is 0.368 e. The van der Waals surface area contributed by atoms with E-state index in [9.17, 15) is 0 Å². The van der Waals surface area contributed by atoms with Crippen molar-refractivity contribution in [2.75, 3.05) is 11.4 Å². The van der Waals surface area contributed by atoms with E-state index in [2.05, 4.69) is 24.8 Å². The predicted molar refractivity (Wildman–Crippen MR) is 74.5 cm³/mol. The van der Waals surface area contributed by atoms with E-state index in [0.29, 0.717) is 12.6 Å². The van der Waals surface area contributed by atoms with E-state index in [1.807, 2.05) is 12.1 Å². The van der Waals surface area contributed by atoms with Gasteiger partial charge in [-0.15, -0.1) is 0 Å². The number of nitrogens with zero attached hydrogens (tertiary/aromatic N) is 1. The van der Waals surface area contributed by atoms with Crippen LogP contribution in [0.15, 0.2) is 18.2 Å². The SMILES string of the molecule is CC1CCCN(c2ccc(Cl)cc2CN)C1C. The standard InChI is InChI=1S/C14H21ClN2/c1-10-4-3-7-17(11(10)2)14-6-5-13(15)8-12(14)9-16/h5-6,8,10-11H,3-4,7,9,16H2,1-2H3. The molecule has 0 aliphatic carbocycles. The summed E-state index contributed by atoms with van der Waals surface area (Å²) < 4.78 is 0. The van der Waals surface area contributed by atoms with Crippen molar-refractivity contribution < 1.29 is 0 Å². The van der Waals surface area contributed by atoms with Crippen LogP contribution in [-0.2, 0) is 6.54 Å². The molecule has 1 aliphatic rings. The molecule has 94 valence electrons. The maximum Gasteiger partial charge on any atom is 0.0415 e. The highest BCUT2D eigenvalue weighted by molar-refractivity contribution is 6.30. The van der Waals surface area contributed by atoms with Crippen LogP contribution >= 0.6 is 11.6 Å². The highest BCUT2D eigenvalue weighted by Crippen LogP contribution is 2.31. The van der Waals surface area contributed by atoms with Gasteiger partial charge >= 0.3 is 0 Å². The van der Waals surface area contributed by atoms with Gasteiger partial charge in [0.25, 0.3) is 0 Å². The van der Waals surface area contributed by atoms with E-state index in [1.54, 1.807) is 0 Å². The van der Waals surface area contributed by atoms with Crippen LogP contribution in [0.4, 0.5) is 5.69 Å². The Morgan fingerprint density at radius 2 is 2.18 bits per heavy atom. The fourth-order valence-electron chi connectivity index (χ4n) is 2.67. The van der Waals surface area contributed by atoms with Crippen molar-refractivity contribution in [1.82, 2.24) is 0 Å². The fourth-order valence-corrected chi connectivity index (χ4v) is 2.87. The van der Waals surface area contributed by atoms with Gasteiger partial charge in [0.05, 0.1) is 0 Å². The summed E-state index contributed by atoms with van der Waals surface area (Å²) in [5.41, 5.74) is 8.23. The van der Waals surface area contributed by atoms with Gasteiger partial charge in [-0.3, -0.25) is 0 Å². The van der Waals surface area contributed by atoms with Crippen molar-refractivity contribution in [3.63, 3.8) is 0 Å².